The van der Waals surface area contributed by atoms with Gasteiger partial charge in [0.25, 0.3) is 0 Å². The van der Waals surface area contributed by atoms with E-state index in [9.17, 15) is 18.3 Å². The minimum atomic E-state index is -3.62. The Morgan fingerprint density at radius 3 is 2.62 bits per heavy atom. The molecule has 0 radical (unpaired) electrons. The summed E-state index contributed by atoms with van der Waals surface area (Å²) in [4.78, 5) is 13.4. The highest BCUT2D eigenvalue weighted by atomic mass is 32.2. The molecule has 2 N–H and O–H groups in total. The fourth-order valence-electron chi connectivity index (χ4n) is 4.20. The van der Waals surface area contributed by atoms with Crippen LogP contribution in [0.4, 0.5) is 5.69 Å². The molecule has 1 aromatic rings. The first-order chi connectivity index (χ1) is 12.4. The van der Waals surface area contributed by atoms with E-state index in [1.807, 2.05) is 6.92 Å². The average molecular weight is 381 g/mol. The van der Waals surface area contributed by atoms with Gasteiger partial charge in [0.05, 0.1) is 4.90 Å². The highest BCUT2D eigenvalue weighted by Gasteiger charge is 2.31. The maximum absolute atomic E-state index is 12.8. The second kappa shape index (κ2) is 7.96. The predicted octanol–water partition coefficient (Wildman–Crippen LogP) is 2.99. The highest BCUT2D eigenvalue weighted by Crippen LogP contribution is 2.29. The molecule has 1 saturated heterocycles. The minimum Gasteiger partial charge on any atom is -0.480 e. The third-order valence-electron chi connectivity index (χ3n) is 5.70. The van der Waals surface area contributed by atoms with Crippen molar-refractivity contribution in [1.82, 2.24) is 4.72 Å². The summed E-state index contributed by atoms with van der Waals surface area (Å²) in [6.45, 7) is 2.57. The van der Waals surface area contributed by atoms with E-state index in [-0.39, 0.29) is 10.9 Å². The van der Waals surface area contributed by atoms with Crippen LogP contribution in [0.3, 0.4) is 0 Å². The standard InChI is InChI=1S/C19H28N2O4S/c1-14(15-7-3-2-4-8-15)20-26(24,25)17-10-5-9-16(13-17)21-12-6-11-18(21)19(22)23/h5,9-10,13-15,18,20H,2-4,6-8,11-12H2,1H3,(H,22,23). The zero-order valence-electron chi connectivity index (χ0n) is 15.2. The molecule has 2 aliphatic rings. The first-order valence-corrected chi connectivity index (χ1v) is 11.0. The van der Waals surface area contributed by atoms with Crippen molar-refractivity contribution < 1.29 is 18.3 Å². The van der Waals surface area contributed by atoms with E-state index in [0.717, 1.165) is 32.1 Å². The summed E-state index contributed by atoms with van der Waals surface area (Å²) in [7, 11) is -3.62. The largest absolute Gasteiger partial charge is 0.480 e. The van der Waals surface area contributed by atoms with E-state index in [1.54, 1.807) is 29.2 Å². The number of hydrogen-bond donors (Lipinski definition) is 2. The fraction of sp³-hybridized carbons (Fsp3) is 0.632. The van der Waals surface area contributed by atoms with Crippen LogP contribution >= 0.6 is 0 Å². The van der Waals surface area contributed by atoms with Crippen molar-refractivity contribution in [3.05, 3.63) is 24.3 Å². The molecule has 2 fully saturated rings. The van der Waals surface area contributed by atoms with Crippen LogP contribution in [0.2, 0.25) is 0 Å². The van der Waals surface area contributed by atoms with Crippen LogP contribution in [0.15, 0.2) is 29.2 Å². The Morgan fingerprint density at radius 1 is 1.19 bits per heavy atom. The molecule has 2 unspecified atom stereocenters. The molecule has 3 rings (SSSR count). The molecule has 0 spiro atoms. The number of carboxylic acid groups (broad SMARTS) is 1. The van der Waals surface area contributed by atoms with Gasteiger partial charge in [0.15, 0.2) is 0 Å². The predicted molar refractivity (Wildman–Crippen MR) is 101 cm³/mol. The first kappa shape index (κ1) is 19.2. The van der Waals surface area contributed by atoms with Gasteiger partial charge in [-0.3, -0.25) is 0 Å². The van der Waals surface area contributed by atoms with Gasteiger partial charge in [-0.2, -0.15) is 0 Å². The normalized spacial score (nSPS) is 23.1. The van der Waals surface area contributed by atoms with Crippen LogP contribution in [0.5, 0.6) is 0 Å². The Bertz CT molecular complexity index is 744. The lowest BCUT2D eigenvalue weighted by molar-refractivity contribution is -0.138. The zero-order valence-corrected chi connectivity index (χ0v) is 16.0. The minimum absolute atomic E-state index is 0.0949. The number of benzene rings is 1. The quantitative estimate of drug-likeness (QED) is 0.792. The molecule has 1 aromatic carbocycles. The van der Waals surface area contributed by atoms with Crippen LogP contribution in [0, 0.1) is 5.92 Å². The van der Waals surface area contributed by atoms with Gasteiger partial charge in [-0.05, 0) is 56.7 Å². The Hall–Kier alpha value is -1.60. The summed E-state index contributed by atoms with van der Waals surface area (Å²) < 4.78 is 28.5. The first-order valence-electron chi connectivity index (χ1n) is 9.50. The number of aliphatic carboxylic acids is 1. The molecule has 0 aromatic heterocycles. The molecule has 0 amide bonds. The Balaban J connectivity index is 1.76. The molecule has 1 aliphatic heterocycles. The van der Waals surface area contributed by atoms with E-state index < -0.39 is 22.0 Å². The van der Waals surface area contributed by atoms with Gasteiger partial charge >= 0.3 is 5.97 Å². The topological polar surface area (TPSA) is 86.7 Å². The molecule has 1 aliphatic carbocycles. The Labute approximate surface area is 155 Å². The van der Waals surface area contributed by atoms with Gasteiger partial charge in [-0.15, -0.1) is 0 Å². The SMILES string of the molecule is CC(NS(=O)(=O)c1cccc(N2CCCC2C(=O)O)c1)C1CCCCC1. The van der Waals surface area contributed by atoms with Crippen molar-refractivity contribution in [2.45, 2.75) is 68.8 Å². The molecular formula is C19H28N2O4S. The van der Waals surface area contributed by atoms with Crippen LogP contribution in [0.1, 0.15) is 51.9 Å². The molecule has 7 heteroatoms. The van der Waals surface area contributed by atoms with Crippen molar-refractivity contribution in [2.75, 3.05) is 11.4 Å². The van der Waals surface area contributed by atoms with Crippen molar-refractivity contribution in [2.24, 2.45) is 5.92 Å². The van der Waals surface area contributed by atoms with Crippen molar-refractivity contribution in [3.63, 3.8) is 0 Å². The van der Waals surface area contributed by atoms with Gasteiger partial charge in [0.2, 0.25) is 10.0 Å². The molecule has 1 saturated carbocycles. The number of anilines is 1. The van der Waals surface area contributed by atoms with E-state index in [0.29, 0.717) is 24.6 Å². The third kappa shape index (κ3) is 4.20. The van der Waals surface area contributed by atoms with Crippen molar-refractivity contribution in [1.29, 1.82) is 0 Å². The highest BCUT2D eigenvalue weighted by molar-refractivity contribution is 7.89. The summed E-state index contributed by atoms with van der Waals surface area (Å²) in [6, 6.07) is 5.96. The molecule has 2 atom stereocenters. The summed E-state index contributed by atoms with van der Waals surface area (Å²) in [5, 5.41) is 9.37. The second-order valence-corrected chi connectivity index (χ2v) is 9.21. The number of rotatable bonds is 6. The van der Waals surface area contributed by atoms with Crippen LogP contribution in [-0.2, 0) is 14.8 Å². The summed E-state index contributed by atoms with van der Waals surface area (Å²) >= 11 is 0. The van der Waals surface area contributed by atoms with Crippen LogP contribution in [-0.4, -0.2) is 38.1 Å². The molecule has 144 valence electrons. The van der Waals surface area contributed by atoms with E-state index >= 15 is 0 Å². The van der Waals surface area contributed by atoms with Gasteiger partial charge in [0, 0.05) is 18.3 Å². The monoisotopic (exact) mass is 380 g/mol. The Kier molecular flexibility index (Phi) is 5.87. The third-order valence-corrected chi connectivity index (χ3v) is 7.25. The molecule has 1 heterocycles. The zero-order chi connectivity index (χ0) is 18.7. The number of nitrogens with zero attached hydrogens (tertiary/aromatic N) is 1. The van der Waals surface area contributed by atoms with Crippen LogP contribution < -0.4 is 9.62 Å². The van der Waals surface area contributed by atoms with Gasteiger partial charge in [0.1, 0.15) is 6.04 Å². The number of carboxylic acids is 1. The van der Waals surface area contributed by atoms with Crippen molar-refractivity contribution >= 4 is 21.7 Å². The van der Waals surface area contributed by atoms with E-state index in [4.69, 9.17) is 0 Å². The lowest BCUT2D eigenvalue weighted by Crippen LogP contribution is -2.39. The molecule has 26 heavy (non-hydrogen) atoms. The van der Waals surface area contributed by atoms with Crippen LogP contribution in [0.25, 0.3) is 0 Å². The van der Waals surface area contributed by atoms with Gasteiger partial charge < -0.3 is 10.0 Å². The molecule has 6 nitrogen and oxygen atoms in total. The smallest absolute Gasteiger partial charge is 0.326 e. The van der Waals surface area contributed by atoms with Gasteiger partial charge in [-0.25, -0.2) is 17.9 Å². The lowest BCUT2D eigenvalue weighted by Gasteiger charge is -2.28. The number of sulfonamides is 1. The second-order valence-electron chi connectivity index (χ2n) is 7.50. The summed E-state index contributed by atoms with van der Waals surface area (Å²) in [5.74, 6) is -0.475. The lowest BCUT2D eigenvalue weighted by atomic mass is 9.85. The summed E-state index contributed by atoms with van der Waals surface area (Å²) in [5.41, 5.74) is 0.656. The maximum Gasteiger partial charge on any atom is 0.326 e. The number of hydrogen-bond acceptors (Lipinski definition) is 4. The molecule has 0 bridgehead atoms. The number of nitrogens with one attached hydrogen (secondary N) is 1. The van der Waals surface area contributed by atoms with E-state index in [1.165, 1.54) is 6.42 Å². The Morgan fingerprint density at radius 2 is 1.92 bits per heavy atom. The van der Waals surface area contributed by atoms with Gasteiger partial charge in [-0.1, -0.05) is 25.3 Å². The average Bonchev–Trinajstić information content (AvgIpc) is 3.12. The maximum atomic E-state index is 12.8. The molecular weight excluding hydrogens is 352 g/mol. The van der Waals surface area contributed by atoms with E-state index in [2.05, 4.69) is 4.72 Å². The van der Waals surface area contributed by atoms with Crippen molar-refractivity contribution in [3.8, 4) is 0 Å². The fourth-order valence-corrected chi connectivity index (χ4v) is 5.56. The summed E-state index contributed by atoms with van der Waals surface area (Å²) in [6.07, 6.45) is 7.08. The number of carbonyl (C=O) groups is 1.